The van der Waals surface area contributed by atoms with Crippen LogP contribution in [-0.4, -0.2) is 17.7 Å². The summed E-state index contributed by atoms with van der Waals surface area (Å²) in [6, 6.07) is 14.7. The molecular weight excluding hydrogens is 228 g/mol. The molecule has 92 valence electrons. The fourth-order valence-corrected chi connectivity index (χ4v) is 1.79. The van der Waals surface area contributed by atoms with Crippen molar-refractivity contribution in [2.24, 2.45) is 0 Å². The fraction of sp³-hybridized carbons (Fsp3) is 0.133. The van der Waals surface area contributed by atoms with Crippen molar-refractivity contribution in [1.82, 2.24) is 0 Å². The molecule has 0 saturated carbocycles. The van der Waals surface area contributed by atoms with E-state index in [9.17, 15) is 4.79 Å². The second-order valence-electron chi connectivity index (χ2n) is 3.82. The lowest BCUT2D eigenvalue weighted by Crippen LogP contribution is -2.00. The Balaban J connectivity index is 2.50. The summed E-state index contributed by atoms with van der Waals surface area (Å²) in [7, 11) is 0. The molecule has 0 fully saturated rings. The largest absolute Gasteiger partial charge is 0.493 e. The van der Waals surface area contributed by atoms with Crippen LogP contribution in [0.1, 0.15) is 17.3 Å². The van der Waals surface area contributed by atoms with E-state index >= 15 is 0 Å². The lowest BCUT2D eigenvalue weighted by Gasteiger charge is -2.11. The number of carboxylic acid groups (broad SMARTS) is 1. The van der Waals surface area contributed by atoms with Crippen molar-refractivity contribution in [2.45, 2.75) is 6.92 Å². The van der Waals surface area contributed by atoms with E-state index in [1.54, 1.807) is 18.2 Å². The van der Waals surface area contributed by atoms with Crippen LogP contribution in [0.15, 0.2) is 48.5 Å². The van der Waals surface area contributed by atoms with Gasteiger partial charge in [-0.3, -0.25) is 0 Å². The van der Waals surface area contributed by atoms with Gasteiger partial charge in [0.25, 0.3) is 0 Å². The minimum absolute atomic E-state index is 0.234. The van der Waals surface area contributed by atoms with E-state index in [0.717, 1.165) is 11.1 Å². The maximum atomic E-state index is 10.9. The van der Waals surface area contributed by atoms with Crippen molar-refractivity contribution in [2.75, 3.05) is 6.61 Å². The number of hydrogen-bond donors (Lipinski definition) is 1. The van der Waals surface area contributed by atoms with Crippen LogP contribution < -0.4 is 4.74 Å². The molecular formula is C15H14O3. The first kappa shape index (κ1) is 12.2. The number of ether oxygens (including phenoxy) is 1. The molecule has 0 heterocycles. The van der Waals surface area contributed by atoms with Crippen LogP contribution in [0.4, 0.5) is 0 Å². The third kappa shape index (κ3) is 2.51. The Kier molecular flexibility index (Phi) is 3.63. The molecule has 0 atom stereocenters. The smallest absolute Gasteiger partial charge is 0.335 e. The average Bonchev–Trinajstić information content (AvgIpc) is 2.40. The van der Waals surface area contributed by atoms with Gasteiger partial charge in [-0.2, -0.15) is 0 Å². The molecule has 0 amide bonds. The second-order valence-corrected chi connectivity index (χ2v) is 3.82. The maximum Gasteiger partial charge on any atom is 0.335 e. The van der Waals surface area contributed by atoms with Gasteiger partial charge in [0.2, 0.25) is 0 Å². The molecule has 2 aromatic carbocycles. The SMILES string of the molecule is CCOc1cc(C(=O)O)ccc1-c1ccccc1. The molecule has 0 bridgehead atoms. The van der Waals surface area contributed by atoms with E-state index in [1.807, 2.05) is 37.3 Å². The Hall–Kier alpha value is -2.29. The predicted molar refractivity (Wildman–Crippen MR) is 70.0 cm³/mol. The molecule has 0 saturated heterocycles. The summed E-state index contributed by atoms with van der Waals surface area (Å²) in [5.41, 5.74) is 2.15. The molecule has 2 aromatic rings. The number of benzene rings is 2. The molecule has 3 nitrogen and oxygen atoms in total. The molecule has 18 heavy (non-hydrogen) atoms. The van der Waals surface area contributed by atoms with Gasteiger partial charge in [0.15, 0.2) is 0 Å². The van der Waals surface area contributed by atoms with Crippen LogP contribution in [0, 0.1) is 0 Å². The summed E-state index contributed by atoms with van der Waals surface area (Å²) in [6.07, 6.45) is 0. The summed E-state index contributed by atoms with van der Waals surface area (Å²) in [4.78, 5) is 10.9. The van der Waals surface area contributed by atoms with Gasteiger partial charge in [0.1, 0.15) is 5.75 Å². The zero-order chi connectivity index (χ0) is 13.0. The summed E-state index contributed by atoms with van der Waals surface area (Å²) in [5, 5.41) is 8.98. The lowest BCUT2D eigenvalue weighted by molar-refractivity contribution is 0.0696. The van der Waals surface area contributed by atoms with Gasteiger partial charge in [-0.15, -0.1) is 0 Å². The first-order chi connectivity index (χ1) is 8.72. The Morgan fingerprint density at radius 3 is 2.50 bits per heavy atom. The summed E-state index contributed by atoms with van der Waals surface area (Å²) < 4.78 is 5.52. The molecule has 0 aliphatic rings. The molecule has 1 N–H and O–H groups in total. The van der Waals surface area contributed by atoms with E-state index < -0.39 is 5.97 Å². The molecule has 0 aromatic heterocycles. The van der Waals surface area contributed by atoms with E-state index in [2.05, 4.69) is 0 Å². The Morgan fingerprint density at radius 2 is 1.89 bits per heavy atom. The zero-order valence-corrected chi connectivity index (χ0v) is 10.1. The van der Waals surface area contributed by atoms with E-state index in [0.29, 0.717) is 12.4 Å². The zero-order valence-electron chi connectivity index (χ0n) is 10.1. The van der Waals surface area contributed by atoms with Crippen molar-refractivity contribution in [1.29, 1.82) is 0 Å². The van der Waals surface area contributed by atoms with Crippen molar-refractivity contribution in [3.8, 4) is 16.9 Å². The molecule has 0 radical (unpaired) electrons. The van der Waals surface area contributed by atoms with Gasteiger partial charge in [-0.1, -0.05) is 30.3 Å². The van der Waals surface area contributed by atoms with Crippen molar-refractivity contribution >= 4 is 5.97 Å². The molecule has 0 spiro atoms. The minimum atomic E-state index is -0.949. The summed E-state index contributed by atoms with van der Waals surface area (Å²) in [6.45, 7) is 2.38. The Labute approximate surface area is 106 Å². The van der Waals surface area contributed by atoms with Gasteiger partial charge in [-0.25, -0.2) is 4.79 Å². The first-order valence-corrected chi connectivity index (χ1v) is 5.78. The summed E-state index contributed by atoms with van der Waals surface area (Å²) in [5.74, 6) is -0.348. The number of carbonyl (C=O) groups is 1. The average molecular weight is 242 g/mol. The van der Waals surface area contributed by atoms with Crippen molar-refractivity contribution in [3.05, 3.63) is 54.1 Å². The minimum Gasteiger partial charge on any atom is -0.493 e. The van der Waals surface area contributed by atoms with Crippen LogP contribution in [0.3, 0.4) is 0 Å². The van der Waals surface area contributed by atoms with Gasteiger partial charge in [0.05, 0.1) is 12.2 Å². The topological polar surface area (TPSA) is 46.5 Å². The molecule has 0 unspecified atom stereocenters. The quantitative estimate of drug-likeness (QED) is 0.893. The fourth-order valence-electron chi connectivity index (χ4n) is 1.79. The van der Waals surface area contributed by atoms with Crippen LogP contribution in [0.25, 0.3) is 11.1 Å². The predicted octanol–water partition coefficient (Wildman–Crippen LogP) is 3.45. The highest BCUT2D eigenvalue weighted by molar-refractivity contribution is 5.89. The third-order valence-electron chi connectivity index (χ3n) is 2.61. The Bertz CT molecular complexity index is 547. The standard InChI is InChI=1S/C15H14O3/c1-2-18-14-10-12(15(16)17)8-9-13(14)11-6-4-3-5-7-11/h3-10H,2H2,1H3,(H,16,17). The normalized spacial score (nSPS) is 10.1. The third-order valence-corrected chi connectivity index (χ3v) is 2.61. The van der Waals surface area contributed by atoms with Gasteiger partial charge in [-0.05, 0) is 30.7 Å². The number of aromatic carboxylic acids is 1. The van der Waals surface area contributed by atoms with Gasteiger partial charge in [0, 0.05) is 5.56 Å². The van der Waals surface area contributed by atoms with Crippen molar-refractivity contribution in [3.63, 3.8) is 0 Å². The molecule has 3 heteroatoms. The van der Waals surface area contributed by atoms with E-state index in [4.69, 9.17) is 9.84 Å². The maximum absolute atomic E-state index is 10.9. The molecule has 2 rings (SSSR count). The number of rotatable bonds is 4. The van der Waals surface area contributed by atoms with Crippen LogP contribution in [0.5, 0.6) is 5.75 Å². The lowest BCUT2D eigenvalue weighted by atomic mass is 10.0. The summed E-state index contributed by atoms with van der Waals surface area (Å²) >= 11 is 0. The first-order valence-electron chi connectivity index (χ1n) is 5.78. The van der Waals surface area contributed by atoms with Gasteiger partial charge >= 0.3 is 5.97 Å². The highest BCUT2D eigenvalue weighted by Crippen LogP contribution is 2.30. The highest BCUT2D eigenvalue weighted by Gasteiger charge is 2.10. The van der Waals surface area contributed by atoms with Crippen LogP contribution in [0.2, 0.25) is 0 Å². The van der Waals surface area contributed by atoms with Gasteiger partial charge < -0.3 is 9.84 Å². The van der Waals surface area contributed by atoms with Crippen LogP contribution in [-0.2, 0) is 0 Å². The van der Waals surface area contributed by atoms with E-state index in [1.165, 1.54) is 0 Å². The second kappa shape index (κ2) is 5.36. The number of hydrogen-bond acceptors (Lipinski definition) is 2. The monoisotopic (exact) mass is 242 g/mol. The Morgan fingerprint density at radius 1 is 1.17 bits per heavy atom. The number of carboxylic acids is 1. The molecule has 0 aliphatic carbocycles. The van der Waals surface area contributed by atoms with Crippen LogP contribution >= 0.6 is 0 Å². The molecule has 0 aliphatic heterocycles. The highest BCUT2D eigenvalue weighted by atomic mass is 16.5. The van der Waals surface area contributed by atoms with Crippen molar-refractivity contribution < 1.29 is 14.6 Å². The van der Waals surface area contributed by atoms with E-state index in [-0.39, 0.29) is 5.56 Å².